The summed E-state index contributed by atoms with van der Waals surface area (Å²) in [5.41, 5.74) is 0.878. The number of hydrogen-bond donors (Lipinski definition) is 1. The summed E-state index contributed by atoms with van der Waals surface area (Å²) in [4.78, 5) is 0. The van der Waals surface area contributed by atoms with Crippen LogP contribution in [0, 0.1) is 23.2 Å². The van der Waals surface area contributed by atoms with Crippen molar-refractivity contribution < 1.29 is 4.43 Å². The van der Waals surface area contributed by atoms with Gasteiger partial charge in [0, 0.05) is 0 Å². The minimum Gasteiger partial charge on any atom is -0.416 e. The van der Waals surface area contributed by atoms with Crippen LogP contribution in [0.5, 0.6) is 0 Å². The van der Waals surface area contributed by atoms with Crippen molar-refractivity contribution in [2.75, 3.05) is 7.05 Å². The Morgan fingerprint density at radius 1 is 0.786 bits per heavy atom. The maximum atomic E-state index is 7.45. The molecule has 7 heteroatoms. The fourth-order valence-electron chi connectivity index (χ4n) is 8.66. The van der Waals surface area contributed by atoms with Crippen molar-refractivity contribution in [2.45, 2.75) is 103 Å². The molecule has 0 radical (unpaired) electrons. The highest BCUT2D eigenvalue weighted by molar-refractivity contribution is 7.68. The fourth-order valence-corrected chi connectivity index (χ4v) is 59.9. The zero-order chi connectivity index (χ0) is 21.3. The Hall–Kier alpha value is 0.748. The van der Waals surface area contributed by atoms with E-state index in [1.54, 1.807) is 0 Å². The van der Waals surface area contributed by atoms with Crippen LogP contribution in [0.15, 0.2) is 0 Å². The first-order chi connectivity index (χ1) is 12.5. The highest BCUT2D eigenvalue weighted by Crippen LogP contribution is 2.64. The SMILES string of the molecule is CN(N)[Si](C(O[Si](C)(C)C)C12CC3CC(CC(C3)C1)C2)([Si](C)(C)C)[Si](C)(C)C. The molecule has 0 aromatic heterocycles. The van der Waals surface area contributed by atoms with Crippen LogP contribution in [0.3, 0.4) is 0 Å². The first-order valence-corrected chi connectivity index (χ1v) is 26.1. The maximum absolute atomic E-state index is 7.45. The molecule has 4 rings (SSSR count). The van der Waals surface area contributed by atoms with Crippen LogP contribution in [0.2, 0.25) is 58.9 Å². The van der Waals surface area contributed by atoms with Gasteiger partial charge in [0.1, 0.15) is 0 Å². The molecular weight excluding hydrogens is 409 g/mol. The van der Waals surface area contributed by atoms with E-state index in [1.807, 2.05) is 0 Å². The molecule has 1 atom stereocenters. The van der Waals surface area contributed by atoms with Gasteiger partial charge in [0.15, 0.2) is 15.6 Å². The van der Waals surface area contributed by atoms with Gasteiger partial charge >= 0.3 is 0 Å². The Morgan fingerprint density at radius 3 is 1.39 bits per heavy atom. The van der Waals surface area contributed by atoms with Gasteiger partial charge in [-0.15, -0.1) is 0 Å². The third kappa shape index (κ3) is 3.75. The molecule has 1 unspecified atom stereocenters. The van der Waals surface area contributed by atoms with E-state index in [0.717, 1.165) is 17.8 Å². The average molecular weight is 457 g/mol. The van der Waals surface area contributed by atoms with Gasteiger partial charge in [-0.25, -0.2) is 0 Å². The maximum Gasteiger partial charge on any atom is 0.183 e. The summed E-state index contributed by atoms with van der Waals surface area (Å²) in [6, 6.07) is 0. The number of nitrogens with zero attached hydrogens (tertiary/aromatic N) is 1. The molecule has 0 heterocycles. The fraction of sp³-hybridized carbons (Fsp3) is 1.00. The molecule has 4 fully saturated rings. The van der Waals surface area contributed by atoms with E-state index >= 15 is 0 Å². The number of rotatable bonds is 7. The van der Waals surface area contributed by atoms with Crippen molar-refractivity contribution in [3.05, 3.63) is 0 Å². The number of hydrogen-bond acceptors (Lipinski definition) is 3. The average Bonchev–Trinajstić information content (AvgIpc) is 2.40. The third-order valence-corrected chi connectivity index (χ3v) is 47.6. The molecule has 0 saturated heterocycles. The van der Waals surface area contributed by atoms with Crippen molar-refractivity contribution in [1.82, 2.24) is 4.67 Å². The lowest BCUT2D eigenvalue weighted by molar-refractivity contribution is -0.0930. The van der Waals surface area contributed by atoms with E-state index in [-0.39, 0.29) is 0 Å². The largest absolute Gasteiger partial charge is 0.416 e. The quantitative estimate of drug-likeness (QED) is 0.310. The molecule has 164 valence electrons. The summed E-state index contributed by atoms with van der Waals surface area (Å²) in [6.45, 7) is 23.0. The molecule has 4 aliphatic rings. The summed E-state index contributed by atoms with van der Waals surface area (Å²) >= 11 is 0. The molecule has 28 heavy (non-hydrogen) atoms. The standard InChI is InChI=1S/C21H48N2OSi4/c1-23(22)28(26(5,6)7,27(8,9)10)20(24-25(2,3)4)21-14-17-11-18(15-21)13-19(12-17)16-21/h17-20H,11-16,22H2,1-10H3. The Labute approximate surface area is 179 Å². The normalized spacial score (nSPS) is 34.9. The second kappa shape index (κ2) is 7.13. The van der Waals surface area contributed by atoms with Crippen LogP contribution >= 0.6 is 0 Å². The minimum absolute atomic E-state index is 0.426. The first kappa shape index (κ1) is 23.4. The molecule has 0 aromatic rings. The Kier molecular flexibility index (Phi) is 5.97. The lowest BCUT2D eigenvalue weighted by Gasteiger charge is -2.67. The van der Waals surface area contributed by atoms with E-state index in [0.29, 0.717) is 11.1 Å². The molecular formula is C21H48N2OSi4. The minimum atomic E-state index is -2.00. The summed E-state index contributed by atoms with van der Waals surface area (Å²) in [6.07, 6.45) is 8.83. The van der Waals surface area contributed by atoms with Gasteiger partial charge in [-0.3, -0.25) is 10.5 Å². The smallest absolute Gasteiger partial charge is 0.183 e. The molecule has 3 nitrogen and oxygen atoms in total. The van der Waals surface area contributed by atoms with Crippen molar-refractivity contribution >= 4 is 30.8 Å². The highest BCUT2D eigenvalue weighted by Gasteiger charge is 2.69. The zero-order valence-electron chi connectivity index (χ0n) is 20.5. The second-order valence-corrected chi connectivity index (χ2v) is 45.1. The van der Waals surface area contributed by atoms with Gasteiger partial charge < -0.3 is 4.43 Å². The first-order valence-electron chi connectivity index (χ1n) is 11.7. The molecule has 4 aliphatic carbocycles. The van der Waals surface area contributed by atoms with Crippen LogP contribution < -0.4 is 5.84 Å². The van der Waals surface area contributed by atoms with Crippen molar-refractivity contribution in [3.8, 4) is 0 Å². The predicted molar refractivity (Wildman–Crippen MR) is 133 cm³/mol. The molecule has 4 saturated carbocycles. The predicted octanol–water partition coefficient (Wildman–Crippen LogP) is 5.55. The molecule has 2 N–H and O–H groups in total. The topological polar surface area (TPSA) is 38.5 Å². The van der Waals surface area contributed by atoms with Gasteiger partial charge in [0.25, 0.3) is 0 Å². The van der Waals surface area contributed by atoms with E-state index in [1.165, 1.54) is 38.5 Å². The molecule has 0 aromatic carbocycles. The summed E-state index contributed by atoms with van der Waals surface area (Å²) < 4.78 is 9.79. The van der Waals surface area contributed by atoms with E-state index in [2.05, 4.69) is 70.6 Å². The lowest BCUT2D eigenvalue weighted by Crippen LogP contribution is -2.89. The van der Waals surface area contributed by atoms with E-state index in [9.17, 15) is 0 Å². The second-order valence-electron chi connectivity index (χ2n) is 13.8. The van der Waals surface area contributed by atoms with Crippen LogP contribution in [0.1, 0.15) is 38.5 Å². The van der Waals surface area contributed by atoms with Crippen molar-refractivity contribution in [1.29, 1.82) is 0 Å². The molecule has 4 bridgehead atoms. The highest BCUT2D eigenvalue weighted by atomic mass is 29.6. The summed E-state index contributed by atoms with van der Waals surface area (Å²) in [7, 11) is -4.55. The number of hydrazine groups is 1. The van der Waals surface area contributed by atoms with Crippen molar-refractivity contribution in [2.24, 2.45) is 29.0 Å². The Morgan fingerprint density at radius 2 is 1.14 bits per heavy atom. The number of nitrogens with two attached hydrogens (primary N) is 1. The monoisotopic (exact) mass is 456 g/mol. The van der Waals surface area contributed by atoms with Crippen LogP contribution in [-0.2, 0) is 4.43 Å². The third-order valence-electron chi connectivity index (χ3n) is 8.34. The van der Waals surface area contributed by atoms with Crippen molar-refractivity contribution in [3.63, 3.8) is 0 Å². The van der Waals surface area contributed by atoms with Gasteiger partial charge in [0.05, 0.1) is 20.9 Å². The molecule has 0 aliphatic heterocycles. The van der Waals surface area contributed by atoms with Crippen LogP contribution in [-0.4, -0.2) is 48.2 Å². The van der Waals surface area contributed by atoms with Gasteiger partial charge in [0.2, 0.25) is 0 Å². The van der Waals surface area contributed by atoms with Crippen LogP contribution in [0.4, 0.5) is 0 Å². The van der Waals surface area contributed by atoms with Gasteiger partial charge in [-0.1, -0.05) is 39.3 Å². The van der Waals surface area contributed by atoms with E-state index < -0.39 is 30.8 Å². The van der Waals surface area contributed by atoms with Gasteiger partial charge in [-0.2, -0.15) is 0 Å². The van der Waals surface area contributed by atoms with Crippen LogP contribution in [0.25, 0.3) is 0 Å². The summed E-state index contributed by atoms with van der Waals surface area (Å²) in [5, 5.41) is 0. The van der Waals surface area contributed by atoms with Gasteiger partial charge in [-0.05, 0) is 88.4 Å². The Bertz CT molecular complexity index is 539. The summed E-state index contributed by atoms with van der Waals surface area (Å²) in [5.74, 6) is 9.89. The Balaban J connectivity index is 2.21. The van der Waals surface area contributed by atoms with E-state index in [4.69, 9.17) is 10.3 Å². The lowest BCUT2D eigenvalue weighted by atomic mass is 9.50. The molecule has 0 amide bonds. The molecule has 0 spiro atoms. The zero-order valence-corrected chi connectivity index (χ0v) is 24.5.